The van der Waals surface area contributed by atoms with Crippen molar-refractivity contribution in [1.82, 2.24) is 10.2 Å². The van der Waals surface area contributed by atoms with Crippen LogP contribution in [0.3, 0.4) is 0 Å². The van der Waals surface area contributed by atoms with Crippen LogP contribution in [0.5, 0.6) is 0 Å². The molecule has 4 heteroatoms. The lowest BCUT2D eigenvalue weighted by molar-refractivity contribution is 0.317. The van der Waals surface area contributed by atoms with E-state index in [0.717, 1.165) is 54.8 Å². The van der Waals surface area contributed by atoms with Crippen molar-refractivity contribution in [2.24, 2.45) is 5.16 Å². The number of unbranched alkanes of at least 4 members (excludes halogenated alkanes) is 1. The van der Waals surface area contributed by atoms with Gasteiger partial charge in [-0.15, -0.1) is 0 Å². The van der Waals surface area contributed by atoms with Gasteiger partial charge in [-0.3, -0.25) is 5.10 Å². The summed E-state index contributed by atoms with van der Waals surface area (Å²) in [4.78, 5) is 0. The number of H-pyrrole nitrogens is 1. The van der Waals surface area contributed by atoms with Crippen LogP contribution in [-0.2, 0) is 12.8 Å². The molecule has 2 aromatic rings. The Morgan fingerprint density at radius 2 is 2.10 bits per heavy atom. The fourth-order valence-corrected chi connectivity index (χ4v) is 3.14. The van der Waals surface area contributed by atoms with E-state index in [1.165, 1.54) is 5.56 Å². The Morgan fingerprint density at radius 3 is 2.81 bits per heavy atom. The van der Waals surface area contributed by atoms with Crippen LogP contribution in [-0.4, -0.2) is 21.1 Å². The molecule has 0 aliphatic heterocycles. The molecule has 0 fully saturated rings. The highest BCUT2D eigenvalue weighted by atomic mass is 16.4. The first-order valence-electron chi connectivity index (χ1n) is 7.65. The maximum absolute atomic E-state index is 9.42. The highest BCUT2D eigenvalue weighted by Crippen LogP contribution is 2.33. The summed E-state index contributed by atoms with van der Waals surface area (Å²) in [6.45, 7) is 2.17. The maximum atomic E-state index is 9.42. The van der Waals surface area contributed by atoms with E-state index in [9.17, 15) is 5.21 Å². The number of rotatable bonds is 4. The fourth-order valence-electron chi connectivity index (χ4n) is 3.14. The molecule has 0 saturated carbocycles. The molecule has 0 radical (unpaired) electrons. The van der Waals surface area contributed by atoms with E-state index >= 15 is 0 Å². The molecule has 1 aromatic carbocycles. The summed E-state index contributed by atoms with van der Waals surface area (Å²) < 4.78 is 0. The number of hydrogen-bond donors (Lipinski definition) is 2. The highest BCUT2D eigenvalue weighted by molar-refractivity contribution is 6.03. The van der Waals surface area contributed by atoms with Crippen LogP contribution < -0.4 is 0 Å². The van der Waals surface area contributed by atoms with Gasteiger partial charge in [0.25, 0.3) is 0 Å². The first-order chi connectivity index (χ1) is 10.3. The van der Waals surface area contributed by atoms with Crippen molar-refractivity contribution < 1.29 is 5.21 Å². The topological polar surface area (TPSA) is 61.3 Å². The lowest BCUT2D eigenvalue weighted by Crippen LogP contribution is -2.20. The van der Waals surface area contributed by atoms with Crippen molar-refractivity contribution in [3.8, 4) is 0 Å². The average Bonchev–Trinajstić information content (AvgIpc) is 2.96. The Balaban J connectivity index is 1.91. The first kappa shape index (κ1) is 13.9. The van der Waals surface area contributed by atoms with E-state index in [0.29, 0.717) is 5.92 Å². The third-order valence-electron chi connectivity index (χ3n) is 4.25. The third-order valence-corrected chi connectivity index (χ3v) is 4.25. The number of benzene rings is 1. The molecule has 2 N–H and O–H groups in total. The number of fused-ring (bicyclic) bond motifs is 1. The minimum atomic E-state index is 0.351. The number of aromatic amines is 1. The van der Waals surface area contributed by atoms with Crippen LogP contribution in [0, 0.1) is 0 Å². The van der Waals surface area contributed by atoms with Crippen LogP contribution in [0.15, 0.2) is 35.5 Å². The first-order valence-corrected chi connectivity index (χ1v) is 7.65. The van der Waals surface area contributed by atoms with Gasteiger partial charge >= 0.3 is 0 Å². The summed E-state index contributed by atoms with van der Waals surface area (Å²) >= 11 is 0. The van der Waals surface area contributed by atoms with Gasteiger partial charge in [0.05, 0.1) is 11.4 Å². The smallest absolute Gasteiger partial charge is 0.0911 e. The van der Waals surface area contributed by atoms with Crippen molar-refractivity contribution >= 4 is 5.71 Å². The van der Waals surface area contributed by atoms with E-state index in [4.69, 9.17) is 0 Å². The van der Waals surface area contributed by atoms with Crippen LogP contribution >= 0.6 is 0 Å². The van der Waals surface area contributed by atoms with Gasteiger partial charge in [0.15, 0.2) is 0 Å². The standard InChI is InChI=1S/C17H21N3O/c1-2-3-9-14-17-15(19-18-14)10-13(11-16(17)20-21)12-7-5-4-6-8-12/h4-8,13,21H,2-3,9-11H2,1H3,(H,18,19)/b20-16-. The van der Waals surface area contributed by atoms with Gasteiger partial charge in [-0.25, -0.2) is 0 Å². The molecule has 0 saturated heterocycles. The SMILES string of the molecule is CCCCc1n[nH]c2c1/C(=N\O)CC(c1ccccc1)C2. The van der Waals surface area contributed by atoms with Gasteiger partial charge in [-0.2, -0.15) is 5.10 Å². The second-order valence-electron chi connectivity index (χ2n) is 5.69. The number of aromatic nitrogens is 2. The van der Waals surface area contributed by atoms with Crippen molar-refractivity contribution in [2.75, 3.05) is 0 Å². The Labute approximate surface area is 124 Å². The lowest BCUT2D eigenvalue weighted by atomic mass is 9.81. The zero-order chi connectivity index (χ0) is 14.7. The zero-order valence-electron chi connectivity index (χ0n) is 12.3. The molecule has 4 nitrogen and oxygen atoms in total. The number of oxime groups is 1. The lowest BCUT2D eigenvalue weighted by Gasteiger charge is -2.23. The molecule has 3 rings (SSSR count). The van der Waals surface area contributed by atoms with Crippen LogP contribution in [0.4, 0.5) is 0 Å². The van der Waals surface area contributed by atoms with Crippen molar-refractivity contribution in [3.05, 3.63) is 52.8 Å². The van der Waals surface area contributed by atoms with Gasteiger partial charge in [-0.1, -0.05) is 48.8 Å². The molecule has 1 heterocycles. The molecule has 1 atom stereocenters. The van der Waals surface area contributed by atoms with Crippen molar-refractivity contribution in [3.63, 3.8) is 0 Å². The number of nitrogens with one attached hydrogen (secondary N) is 1. The molecule has 1 aliphatic rings. The number of nitrogens with zero attached hydrogens (tertiary/aromatic N) is 2. The van der Waals surface area contributed by atoms with E-state index in [1.807, 2.05) is 6.07 Å². The number of aryl methyl sites for hydroxylation is 1. The highest BCUT2D eigenvalue weighted by Gasteiger charge is 2.29. The second-order valence-corrected chi connectivity index (χ2v) is 5.69. The molecule has 21 heavy (non-hydrogen) atoms. The minimum Gasteiger partial charge on any atom is -0.411 e. The number of hydrogen-bond acceptors (Lipinski definition) is 3. The van der Waals surface area contributed by atoms with E-state index in [-0.39, 0.29) is 0 Å². The predicted molar refractivity (Wildman–Crippen MR) is 83.0 cm³/mol. The summed E-state index contributed by atoms with van der Waals surface area (Å²) in [5.74, 6) is 0.351. The van der Waals surface area contributed by atoms with Gasteiger partial charge in [0.1, 0.15) is 0 Å². The van der Waals surface area contributed by atoms with Gasteiger partial charge in [-0.05, 0) is 30.7 Å². The van der Waals surface area contributed by atoms with E-state index in [2.05, 4.69) is 46.5 Å². The Bertz CT molecular complexity index is 631. The molecular formula is C17H21N3O. The summed E-state index contributed by atoms with van der Waals surface area (Å²) in [6.07, 6.45) is 4.89. The normalized spacial score (nSPS) is 19.7. The fraction of sp³-hybridized carbons (Fsp3) is 0.412. The van der Waals surface area contributed by atoms with Crippen molar-refractivity contribution in [1.29, 1.82) is 0 Å². The molecule has 0 bridgehead atoms. The molecule has 1 aromatic heterocycles. The predicted octanol–water partition coefficient (Wildman–Crippen LogP) is 3.66. The van der Waals surface area contributed by atoms with Gasteiger partial charge in [0, 0.05) is 17.7 Å². The van der Waals surface area contributed by atoms with Crippen LogP contribution in [0.1, 0.15) is 54.6 Å². The summed E-state index contributed by atoms with van der Waals surface area (Å²) in [5, 5.41) is 20.6. The monoisotopic (exact) mass is 283 g/mol. The molecule has 0 spiro atoms. The van der Waals surface area contributed by atoms with Gasteiger partial charge < -0.3 is 5.21 Å². The van der Waals surface area contributed by atoms with E-state index in [1.54, 1.807) is 0 Å². The summed E-state index contributed by atoms with van der Waals surface area (Å²) in [5.41, 5.74) is 5.26. The summed E-state index contributed by atoms with van der Waals surface area (Å²) in [7, 11) is 0. The molecule has 0 amide bonds. The molecule has 1 aliphatic carbocycles. The van der Waals surface area contributed by atoms with Crippen LogP contribution in [0.25, 0.3) is 0 Å². The molecule has 1 unspecified atom stereocenters. The second kappa shape index (κ2) is 6.12. The van der Waals surface area contributed by atoms with Gasteiger partial charge in [0.2, 0.25) is 0 Å². The average molecular weight is 283 g/mol. The zero-order valence-corrected chi connectivity index (χ0v) is 12.3. The largest absolute Gasteiger partial charge is 0.411 e. The summed E-state index contributed by atoms with van der Waals surface area (Å²) in [6, 6.07) is 10.4. The minimum absolute atomic E-state index is 0.351. The quantitative estimate of drug-likeness (QED) is 0.664. The maximum Gasteiger partial charge on any atom is 0.0911 e. The Morgan fingerprint density at radius 1 is 1.29 bits per heavy atom. The Kier molecular flexibility index (Phi) is 4.04. The molecule has 110 valence electrons. The van der Waals surface area contributed by atoms with Crippen LogP contribution in [0.2, 0.25) is 0 Å². The van der Waals surface area contributed by atoms with E-state index < -0.39 is 0 Å². The molecular weight excluding hydrogens is 262 g/mol. The Hall–Kier alpha value is -2.10. The third kappa shape index (κ3) is 2.71. The van der Waals surface area contributed by atoms with Crippen molar-refractivity contribution in [2.45, 2.75) is 44.9 Å².